The molecule has 0 atom stereocenters. The number of carbonyl (C=O) groups excluding carboxylic acids is 1. The van der Waals surface area contributed by atoms with Crippen molar-refractivity contribution in [3.8, 4) is 11.5 Å². The van der Waals surface area contributed by atoms with Gasteiger partial charge in [0.25, 0.3) is 0 Å². The third-order valence-electron chi connectivity index (χ3n) is 5.51. The van der Waals surface area contributed by atoms with Crippen LogP contribution in [0.2, 0.25) is 0 Å². The number of rotatable bonds is 9. The Balaban J connectivity index is 1.35. The Labute approximate surface area is 180 Å². The molecule has 2 aromatic rings. The molecule has 0 saturated carbocycles. The molecule has 2 aromatic carbocycles. The predicted molar refractivity (Wildman–Crippen MR) is 121 cm³/mol. The number of piperazine rings is 1. The van der Waals surface area contributed by atoms with E-state index in [2.05, 4.69) is 34.9 Å². The largest absolute Gasteiger partial charge is 0.497 e. The van der Waals surface area contributed by atoms with Gasteiger partial charge in [-0.3, -0.25) is 9.69 Å². The smallest absolute Gasteiger partial charge is 0.236 e. The van der Waals surface area contributed by atoms with Crippen molar-refractivity contribution in [2.45, 2.75) is 13.3 Å². The van der Waals surface area contributed by atoms with E-state index in [0.717, 1.165) is 56.2 Å². The van der Waals surface area contributed by atoms with Crippen molar-refractivity contribution in [1.82, 2.24) is 9.80 Å². The minimum Gasteiger partial charge on any atom is -0.497 e. The number of nitrogens with zero attached hydrogens (tertiary/aromatic N) is 3. The molecular weight excluding hydrogens is 378 g/mol. The van der Waals surface area contributed by atoms with Gasteiger partial charge < -0.3 is 19.3 Å². The maximum Gasteiger partial charge on any atom is 0.236 e. The zero-order valence-electron chi connectivity index (χ0n) is 18.3. The third-order valence-corrected chi connectivity index (χ3v) is 5.51. The van der Waals surface area contributed by atoms with Crippen LogP contribution in [-0.2, 0) is 4.79 Å². The summed E-state index contributed by atoms with van der Waals surface area (Å²) in [5.41, 5.74) is 2.32. The van der Waals surface area contributed by atoms with Crippen LogP contribution in [0, 0.1) is 6.92 Å². The standard InChI is InChI=1S/C24H33N3O3/c1-20-7-4-5-8-23(20)30-18-6-13-25(2)19-24(28)27-16-14-26(15-17-27)21-9-11-22(29-3)12-10-21/h4-5,7-12H,6,13-19H2,1-3H3. The molecule has 0 aromatic heterocycles. The Hall–Kier alpha value is -2.73. The molecule has 0 N–H and O–H groups in total. The summed E-state index contributed by atoms with van der Waals surface area (Å²) < 4.78 is 11.1. The van der Waals surface area contributed by atoms with Gasteiger partial charge in [-0.05, 0) is 56.3 Å². The summed E-state index contributed by atoms with van der Waals surface area (Å²) in [4.78, 5) is 19.0. The zero-order chi connectivity index (χ0) is 21.3. The fourth-order valence-corrected chi connectivity index (χ4v) is 3.65. The van der Waals surface area contributed by atoms with E-state index in [4.69, 9.17) is 9.47 Å². The van der Waals surface area contributed by atoms with E-state index < -0.39 is 0 Å². The van der Waals surface area contributed by atoms with Crippen LogP contribution < -0.4 is 14.4 Å². The number of ether oxygens (including phenoxy) is 2. The van der Waals surface area contributed by atoms with E-state index in [1.165, 1.54) is 5.69 Å². The molecule has 0 bridgehead atoms. The number of benzene rings is 2. The first-order chi connectivity index (χ1) is 14.6. The average molecular weight is 412 g/mol. The van der Waals surface area contributed by atoms with Crippen molar-refractivity contribution in [3.63, 3.8) is 0 Å². The molecule has 1 saturated heterocycles. The molecule has 0 aliphatic carbocycles. The highest BCUT2D eigenvalue weighted by atomic mass is 16.5. The van der Waals surface area contributed by atoms with Gasteiger partial charge in [0.2, 0.25) is 5.91 Å². The van der Waals surface area contributed by atoms with E-state index >= 15 is 0 Å². The van der Waals surface area contributed by atoms with E-state index in [1.807, 2.05) is 42.3 Å². The van der Waals surface area contributed by atoms with E-state index in [-0.39, 0.29) is 5.91 Å². The first kappa shape index (κ1) is 22.0. The second-order valence-corrected chi connectivity index (χ2v) is 7.77. The highest BCUT2D eigenvalue weighted by Gasteiger charge is 2.22. The number of hydrogen-bond acceptors (Lipinski definition) is 5. The molecule has 0 spiro atoms. The molecule has 1 heterocycles. The van der Waals surface area contributed by atoms with Crippen LogP contribution >= 0.6 is 0 Å². The molecule has 6 nitrogen and oxygen atoms in total. The fourth-order valence-electron chi connectivity index (χ4n) is 3.65. The first-order valence-corrected chi connectivity index (χ1v) is 10.6. The van der Waals surface area contributed by atoms with Gasteiger partial charge in [0.05, 0.1) is 20.3 Å². The summed E-state index contributed by atoms with van der Waals surface area (Å²) in [6.45, 7) is 7.22. The number of methoxy groups -OCH3 is 1. The molecule has 1 aliphatic rings. The maximum atomic E-state index is 12.7. The Morgan fingerprint density at radius 2 is 1.73 bits per heavy atom. The van der Waals surface area contributed by atoms with E-state index in [0.29, 0.717) is 13.2 Å². The topological polar surface area (TPSA) is 45.2 Å². The molecule has 0 radical (unpaired) electrons. The number of hydrogen-bond donors (Lipinski definition) is 0. The van der Waals surface area contributed by atoms with Gasteiger partial charge in [0.15, 0.2) is 0 Å². The van der Waals surface area contributed by atoms with Crippen molar-refractivity contribution >= 4 is 11.6 Å². The van der Waals surface area contributed by atoms with Crippen LogP contribution in [0.3, 0.4) is 0 Å². The third kappa shape index (κ3) is 6.13. The predicted octanol–water partition coefficient (Wildman–Crippen LogP) is 3.05. The molecule has 1 aliphatic heterocycles. The number of likely N-dealkylation sites (N-methyl/N-ethyl adjacent to an activating group) is 1. The van der Waals surface area contributed by atoms with Crippen LogP contribution in [0.4, 0.5) is 5.69 Å². The second-order valence-electron chi connectivity index (χ2n) is 7.77. The number of carbonyl (C=O) groups is 1. The van der Waals surface area contributed by atoms with Crippen molar-refractivity contribution < 1.29 is 14.3 Å². The maximum absolute atomic E-state index is 12.7. The summed E-state index contributed by atoms with van der Waals surface area (Å²) >= 11 is 0. The Kier molecular flexibility index (Phi) is 7.97. The molecule has 30 heavy (non-hydrogen) atoms. The summed E-state index contributed by atoms with van der Waals surface area (Å²) in [5.74, 6) is 2.00. The lowest BCUT2D eigenvalue weighted by atomic mass is 10.2. The van der Waals surface area contributed by atoms with Crippen LogP contribution in [0.1, 0.15) is 12.0 Å². The molecule has 162 valence electrons. The summed E-state index contributed by atoms with van der Waals surface area (Å²) in [6, 6.07) is 16.1. The van der Waals surface area contributed by atoms with Crippen molar-refractivity contribution in [1.29, 1.82) is 0 Å². The van der Waals surface area contributed by atoms with Gasteiger partial charge in [-0.1, -0.05) is 18.2 Å². The van der Waals surface area contributed by atoms with Crippen molar-refractivity contribution in [2.24, 2.45) is 0 Å². The van der Waals surface area contributed by atoms with Crippen molar-refractivity contribution in [2.75, 3.05) is 64.9 Å². The Morgan fingerprint density at radius 1 is 1.03 bits per heavy atom. The van der Waals surface area contributed by atoms with E-state index in [1.54, 1.807) is 7.11 Å². The van der Waals surface area contributed by atoms with Crippen LogP contribution in [0.15, 0.2) is 48.5 Å². The summed E-state index contributed by atoms with van der Waals surface area (Å²) in [5, 5.41) is 0. The molecule has 1 fully saturated rings. The molecule has 1 amide bonds. The molecular formula is C24H33N3O3. The first-order valence-electron chi connectivity index (χ1n) is 10.6. The Morgan fingerprint density at radius 3 is 2.40 bits per heavy atom. The molecule has 0 unspecified atom stereocenters. The monoisotopic (exact) mass is 411 g/mol. The summed E-state index contributed by atoms with van der Waals surface area (Å²) in [7, 11) is 3.67. The quantitative estimate of drug-likeness (QED) is 0.594. The van der Waals surface area contributed by atoms with Gasteiger partial charge in [-0.15, -0.1) is 0 Å². The minimum atomic E-state index is 0.201. The Bertz CT molecular complexity index is 802. The second kappa shape index (κ2) is 10.9. The number of para-hydroxylation sites is 1. The van der Waals surface area contributed by atoms with E-state index in [9.17, 15) is 4.79 Å². The van der Waals surface area contributed by atoms with Gasteiger partial charge >= 0.3 is 0 Å². The van der Waals surface area contributed by atoms with Crippen LogP contribution in [0.25, 0.3) is 0 Å². The molecule has 6 heteroatoms. The summed E-state index contributed by atoms with van der Waals surface area (Å²) in [6.07, 6.45) is 0.892. The van der Waals surface area contributed by atoms with Gasteiger partial charge in [0.1, 0.15) is 11.5 Å². The van der Waals surface area contributed by atoms with Gasteiger partial charge in [-0.25, -0.2) is 0 Å². The van der Waals surface area contributed by atoms with Crippen LogP contribution in [0.5, 0.6) is 11.5 Å². The lowest BCUT2D eigenvalue weighted by Crippen LogP contribution is -2.51. The lowest BCUT2D eigenvalue weighted by molar-refractivity contribution is -0.132. The number of anilines is 1. The van der Waals surface area contributed by atoms with Gasteiger partial charge in [-0.2, -0.15) is 0 Å². The number of aryl methyl sites for hydroxylation is 1. The van der Waals surface area contributed by atoms with Gasteiger partial charge in [0, 0.05) is 38.4 Å². The normalized spacial score (nSPS) is 14.1. The fraction of sp³-hybridized carbons (Fsp3) is 0.458. The number of amides is 1. The SMILES string of the molecule is COc1ccc(N2CCN(C(=O)CN(C)CCCOc3ccccc3C)CC2)cc1. The highest BCUT2D eigenvalue weighted by Crippen LogP contribution is 2.20. The highest BCUT2D eigenvalue weighted by molar-refractivity contribution is 5.78. The minimum absolute atomic E-state index is 0.201. The zero-order valence-corrected chi connectivity index (χ0v) is 18.3. The molecule has 3 rings (SSSR count). The average Bonchev–Trinajstić information content (AvgIpc) is 2.78. The van der Waals surface area contributed by atoms with Crippen molar-refractivity contribution in [3.05, 3.63) is 54.1 Å². The lowest BCUT2D eigenvalue weighted by Gasteiger charge is -2.36. The van der Waals surface area contributed by atoms with Crippen LogP contribution in [-0.4, -0.2) is 75.7 Å².